The van der Waals surface area contributed by atoms with Crippen LogP contribution in [0.4, 0.5) is 0 Å². The maximum Gasteiger partial charge on any atom is 0.325 e. The summed E-state index contributed by atoms with van der Waals surface area (Å²) < 4.78 is 6.82. The Morgan fingerprint density at radius 3 is 3.10 bits per heavy atom. The van der Waals surface area contributed by atoms with Crippen molar-refractivity contribution < 1.29 is 19.4 Å². The van der Waals surface area contributed by atoms with Crippen molar-refractivity contribution >= 4 is 11.9 Å². The monoisotopic (exact) mass is 280 g/mol. The van der Waals surface area contributed by atoms with Crippen molar-refractivity contribution in [2.75, 3.05) is 13.2 Å². The Morgan fingerprint density at radius 2 is 2.30 bits per heavy atom. The zero-order valence-electron chi connectivity index (χ0n) is 10.9. The normalized spacial score (nSPS) is 25.5. The third-order valence-electron chi connectivity index (χ3n) is 3.80. The lowest BCUT2D eigenvalue weighted by Crippen LogP contribution is -2.51. The van der Waals surface area contributed by atoms with Gasteiger partial charge in [-0.25, -0.2) is 4.68 Å². The lowest BCUT2D eigenvalue weighted by molar-refractivity contribution is -0.137. The van der Waals surface area contributed by atoms with Crippen LogP contribution in [0.3, 0.4) is 0 Å². The van der Waals surface area contributed by atoms with E-state index in [1.165, 1.54) is 6.20 Å². The highest BCUT2D eigenvalue weighted by molar-refractivity contribution is 5.92. The van der Waals surface area contributed by atoms with E-state index in [2.05, 4.69) is 10.3 Å². The quantitative estimate of drug-likeness (QED) is 0.820. The smallest absolute Gasteiger partial charge is 0.325 e. The van der Waals surface area contributed by atoms with E-state index in [0.29, 0.717) is 13.2 Å². The van der Waals surface area contributed by atoms with Gasteiger partial charge in [-0.15, -0.1) is 5.10 Å². The van der Waals surface area contributed by atoms with Gasteiger partial charge in [0.05, 0.1) is 24.9 Å². The van der Waals surface area contributed by atoms with Crippen LogP contribution in [0.2, 0.25) is 0 Å². The van der Waals surface area contributed by atoms with E-state index in [9.17, 15) is 9.59 Å². The van der Waals surface area contributed by atoms with Gasteiger partial charge in [0.25, 0.3) is 5.91 Å². The Labute approximate surface area is 115 Å². The number of aromatic nitrogens is 3. The highest BCUT2D eigenvalue weighted by Gasteiger charge is 2.39. The number of rotatable bonds is 3. The molecule has 0 aromatic carbocycles. The highest BCUT2D eigenvalue weighted by Crippen LogP contribution is 2.30. The van der Waals surface area contributed by atoms with Gasteiger partial charge in [-0.05, 0) is 19.3 Å². The van der Waals surface area contributed by atoms with E-state index in [4.69, 9.17) is 9.84 Å². The molecule has 20 heavy (non-hydrogen) atoms. The van der Waals surface area contributed by atoms with E-state index in [1.807, 2.05) is 0 Å². The van der Waals surface area contributed by atoms with E-state index >= 15 is 0 Å². The molecule has 1 amide bonds. The number of hydrogen-bond donors (Lipinski definition) is 1. The highest BCUT2D eigenvalue weighted by atomic mass is 16.5. The molecule has 2 atom stereocenters. The van der Waals surface area contributed by atoms with Crippen LogP contribution in [-0.2, 0) is 16.1 Å². The van der Waals surface area contributed by atoms with Crippen molar-refractivity contribution in [1.29, 1.82) is 0 Å². The molecule has 2 fully saturated rings. The largest absolute Gasteiger partial charge is 0.480 e. The number of fused-ring (bicyclic) bond motifs is 1. The molecule has 2 aliphatic rings. The number of aliphatic carboxylic acids is 1. The van der Waals surface area contributed by atoms with Gasteiger partial charge in [0.15, 0.2) is 5.69 Å². The van der Waals surface area contributed by atoms with Gasteiger partial charge in [0.1, 0.15) is 6.54 Å². The number of hydrogen-bond acceptors (Lipinski definition) is 5. The third kappa shape index (κ3) is 2.38. The molecule has 108 valence electrons. The molecule has 0 bridgehead atoms. The van der Waals surface area contributed by atoms with Gasteiger partial charge in [-0.2, -0.15) is 0 Å². The Balaban J connectivity index is 1.74. The number of amides is 1. The van der Waals surface area contributed by atoms with Gasteiger partial charge < -0.3 is 14.7 Å². The molecule has 8 nitrogen and oxygen atoms in total. The zero-order chi connectivity index (χ0) is 14.1. The molecular weight excluding hydrogens is 264 g/mol. The maximum atomic E-state index is 12.4. The van der Waals surface area contributed by atoms with Crippen molar-refractivity contribution in [1.82, 2.24) is 19.9 Å². The van der Waals surface area contributed by atoms with Gasteiger partial charge in [-0.1, -0.05) is 5.21 Å². The topological polar surface area (TPSA) is 97.5 Å². The van der Waals surface area contributed by atoms with Crippen LogP contribution in [-0.4, -0.2) is 62.2 Å². The molecule has 1 saturated heterocycles. The Kier molecular flexibility index (Phi) is 3.39. The minimum absolute atomic E-state index is 0.112. The first-order valence-electron chi connectivity index (χ1n) is 6.69. The zero-order valence-corrected chi connectivity index (χ0v) is 10.9. The lowest BCUT2D eigenvalue weighted by atomic mass is 10.1. The van der Waals surface area contributed by atoms with E-state index < -0.39 is 5.97 Å². The van der Waals surface area contributed by atoms with Crippen LogP contribution in [0.5, 0.6) is 0 Å². The molecule has 1 N–H and O–H groups in total. The average Bonchev–Trinajstić information content (AvgIpc) is 3.05. The molecule has 1 saturated carbocycles. The number of nitrogens with zero attached hydrogens (tertiary/aromatic N) is 4. The molecular formula is C12H16N4O4. The molecule has 1 aliphatic heterocycles. The maximum absolute atomic E-state index is 12.4. The summed E-state index contributed by atoms with van der Waals surface area (Å²) in [7, 11) is 0. The Morgan fingerprint density at radius 1 is 1.45 bits per heavy atom. The van der Waals surface area contributed by atoms with Gasteiger partial charge >= 0.3 is 5.97 Å². The molecule has 0 spiro atoms. The number of carbonyl (C=O) groups excluding carboxylic acids is 1. The average molecular weight is 280 g/mol. The first kappa shape index (κ1) is 13.0. The molecule has 0 radical (unpaired) electrons. The second-order valence-electron chi connectivity index (χ2n) is 5.10. The number of carboxylic acid groups (broad SMARTS) is 1. The van der Waals surface area contributed by atoms with Crippen LogP contribution in [0.15, 0.2) is 6.20 Å². The second kappa shape index (κ2) is 5.20. The molecule has 1 aromatic rings. The summed E-state index contributed by atoms with van der Waals surface area (Å²) in [6.07, 6.45) is 4.50. The SMILES string of the molecule is O=C(O)Cn1cc(C(=O)N2CCOC3CCCC32)nn1. The molecule has 8 heteroatoms. The summed E-state index contributed by atoms with van der Waals surface area (Å²) in [5.74, 6) is -1.21. The minimum Gasteiger partial charge on any atom is -0.480 e. The summed E-state index contributed by atoms with van der Waals surface area (Å²) in [5.41, 5.74) is 0.193. The van der Waals surface area contributed by atoms with Crippen molar-refractivity contribution in [3.05, 3.63) is 11.9 Å². The van der Waals surface area contributed by atoms with Crippen LogP contribution in [0, 0.1) is 0 Å². The van der Waals surface area contributed by atoms with Crippen LogP contribution < -0.4 is 0 Å². The summed E-state index contributed by atoms with van der Waals surface area (Å²) in [5, 5.41) is 16.1. The number of carboxylic acids is 1. The van der Waals surface area contributed by atoms with E-state index in [1.54, 1.807) is 4.90 Å². The molecule has 2 heterocycles. The summed E-state index contributed by atoms with van der Waals surface area (Å²) in [6.45, 7) is 0.789. The molecule has 1 aromatic heterocycles. The first-order valence-corrected chi connectivity index (χ1v) is 6.69. The molecule has 3 rings (SSSR count). The van der Waals surface area contributed by atoms with E-state index in [-0.39, 0.29) is 30.3 Å². The first-order chi connectivity index (χ1) is 9.65. The van der Waals surface area contributed by atoms with Crippen LogP contribution >= 0.6 is 0 Å². The predicted molar refractivity (Wildman–Crippen MR) is 66.1 cm³/mol. The lowest BCUT2D eigenvalue weighted by Gasteiger charge is -2.37. The molecule has 1 aliphatic carbocycles. The summed E-state index contributed by atoms with van der Waals surface area (Å²) in [6, 6.07) is 0.112. The van der Waals surface area contributed by atoms with Gasteiger partial charge in [0.2, 0.25) is 0 Å². The van der Waals surface area contributed by atoms with Crippen molar-refractivity contribution in [3.8, 4) is 0 Å². The van der Waals surface area contributed by atoms with E-state index in [0.717, 1.165) is 23.9 Å². The van der Waals surface area contributed by atoms with Crippen LogP contribution in [0.1, 0.15) is 29.8 Å². The molecule has 2 unspecified atom stereocenters. The summed E-state index contributed by atoms with van der Waals surface area (Å²) >= 11 is 0. The Hall–Kier alpha value is -1.96. The fraction of sp³-hybridized carbons (Fsp3) is 0.667. The van der Waals surface area contributed by atoms with Gasteiger partial charge in [0, 0.05) is 6.54 Å². The minimum atomic E-state index is -1.02. The number of ether oxygens (including phenoxy) is 1. The number of carbonyl (C=O) groups is 2. The summed E-state index contributed by atoms with van der Waals surface area (Å²) in [4.78, 5) is 24.8. The third-order valence-corrected chi connectivity index (χ3v) is 3.80. The fourth-order valence-electron chi connectivity index (χ4n) is 2.94. The Bertz CT molecular complexity index is 529. The van der Waals surface area contributed by atoms with Crippen molar-refractivity contribution in [2.24, 2.45) is 0 Å². The van der Waals surface area contributed by atoms with Crippen molar-refractivity contribution in [2.45, 2.75) is 38.0 Å². The number of morpholine rings is 1. The standard InChI is InChI=1S/C12H16N4O4/c17-11(18)7-15-6-8(13-14-15)12(19)16-4-5-20-10-3-1-2-9(10)16/h6,9-10H,1-5,7H2,(H,17,18). The van der Waals surface area contributed by atoms with Gasteiger partial charge in [-0.3, -0.25) is 9.59 Å². The van der Waals surface area contributed by atoms with Crippen LogP contribution in [0.25, 0.3) is 0 Å². The fourth-order valence-corrected chi connectivity index (χ4v) is 2.94. The second-order valence-corrected chi connectivity index (χ2v) is 5.10. The van der Waals surface area contributed by atoms with Crippen molar-refractivity contribution in [3.63, 3.8) is 0 Å². The predicted octanol–water partition coefficient (Wildman–Crippen LogP) is -0.244.